The largest absolute Gasteiger partial charge is 0.497 e. The van der Waals surface area contributed by atoms with Gasteiger partial charge in [0.15, 0.2) is 0 Å². The van der Waals surface area contributed by atoms with Gasteiger partial charge in [-0.05, 0) is 55.3 Å². The zero-order valence-corrected chi connectivity index (χ0v) is 19.0. The number of carbonyl (C=O) groups is 3. The van der Waals surface area contributed by atoms with E-state index in [1.54, 1.807) is 38.3 Å². The molecule has 0 spiro atoms. The highest BCUT2D eigenvalue weighted by Crippen LogP contribution is 2.30. The van der Waals surface area contributed by atoms with Gasteiger partial charge < -0.3 is 25.0 Å². The number of urea groups is 1. The smallest absolute Gasteiger partial charge is 0.325 e. The van der Waals surface area contributed by atoms with Crippen LogP contribution in [0.15, 0.2) is 42.5 Å². The molecule has 174 valence electrons. The first-order chi connectivity index (χ1) is 15.8. The van der Waals surface area contributed by atoms with E-state index in [2.05, 4.69) is 15.5 Å². The van der Waals surface area contributed by atoms with E-state index in [9.17, 15) is 14.4 Å². The fraction of sp³-hybridized carbons (Fsp3) is 0.375. The first kappa shape index (κ1) is 22.6. The highest BCUT2D eigenvalue weighted by molar-refractivity contribution is 6.10. The Morgan fingerprint density at radius 1 is 1.15 bits per heavy atom. The molecule has 0 saturated carbocycles. The number of hydrogen-bond acceptors (Lipinski definition) is 6. The Labute approximate surface area is 192 Å². The number of benzene rings is 2. The van der Waals surface area contributed by atoms with E-state index < -0.39 is 23.4 Å². The number of anilines is 2. The van der Waals surface area contributed by atoms with Crippen molar-refractivity contribution in [1.82, 2.24) is 10.2 Å². The minimum Gasteiger partial charge on any atom is -0.497 e. The maximum Gasteiger partial charge on any atom is 0.325 e. The van der Waals surface area contributed by atoms with Gasteiger partial charge in [0, 0.05) is 24.5 Å². The lowest BCUT2D eigenvalue weighted by Gasteiger charge is -2.29. The summed E-state index contributed by atoms with van der Waals surface area (Å²) in [4.78, 5) is 41.5. The van der Waals surface area contributed by atoms with E-state index in [-0.39, 0.29) is 6.54 Å². The Morgan fingerprint density at radius 2 is 1.85 bits per heavy atom. The Bertz CT molecular complexity index is 1070. The number of rotatable bonds is 6. The number of ether oxygens (including phenoxy) is 2. The van der Waals surface area contributed by atoms with E-state index in [1.807, 2.05) is 25.1 Å². The third kappa shape index (κ3) is 4.49. The van der Waals surface area contributed by atoms with Crippen molar-refractivity contribution >= 4 is 29.2 Å². The molecule has 1 atom stereocenters. The zero-order valence-electron chi connectivity index (χ0n) is 19.0. The fourth-order valence-corrected chi connectivity index (χ4v) is 4.10. The van der Waals surface area contributed by atoms with Crippen LogP contribution in [0.5, 0.6) is 5.75 Å². The van der Waals surface area contributed by atoms with Crippen LogP contribution in [0.2, 0.25) is 0 Å². The quantitative estimate of drug-likeness (QED) is 0.652. The van der Waals surface area contributed by atoms with Crippen LogP contribution in [0.4, 0.5) is 16.2 Å². The van der Waals surface area contributed by atoms with Gasteiger partial charge in [0.1, 0.15) is 17.8 Å². The molecule has 0 radical (unpaired) electrons. The summed E-state index contributed by atoms with van der Waals surface area (Å²) in [6, 6.07) is 12.1. The maximum atomic E-state index is 13.1. The summed E-state index contributed by atoms with van der Waals surface area (Å²) in [6.07, 6.45) is 0. The number of hydrogen-bond donors (Lipinski definition) is 2. The lowest BCUT2D eigenvalue weighted by molar-refractivity contribution is -0.133. The average Bonchev–Trinajstić information content (AvgIpc) is 3.04. The molecule has 2 heterocycles. The molecule has 33 heavy (non-hydrogen) atoms. The summed E-state index contributed by atoms with van der Waals surface area (Å²) in [5.41, 5.74) is 1.96. The zero-order chi connectivity index (χ0) is 23.6. The van der Waals surface area contributed by atoms with Crippen LogP contribution in [-0.2, 0) is 19.9 Å². The Hall–Kier alpha value is -3.59. The Balaban J connectivity index is 1.42. The monoisotopic (exact) mass is 452 g/mol. The molecule has 4 amide bonds. The van der Waals surface area contributed by atoms with Gasteiger partial charge in [-0.1, -0.05) is 12.1 Å². The first-order valence-electron chi connectivity index (χ1n) is 10.8. The molecular formula is C24H28N4O5. The van der Waals surface area contributed by atoms with Gasteiger partial charge in [0.2, 0.25) is 5.91 Å². The molecule has 2 fully saturated rings. The minimum atomic E-state index is -1.25. The van der Waals surface area contributed by atoms with E-state index in [0.717, 1.165) is 29.2 Å². The number of methoxy groups -OCH3 is 1. The van der Waals surface area contributed by atoms with Crippen LogP contribution in [-0.4, -0.2) is 62.7 Å². The van der Waals surface area contributed by atoms with E-state index in [4.69, 9.17) is 9.47 Å². The standard InChI is InChI=1S/C24H28N4O5/c1-16-14-18(27-10-12-33-13-11-27)6-9-20(16)25-21(29)15-28-22(30)24(2,26-23(28)31)17-4-7-19(32-3)8-5-17/h4-9,14H,10-13,15H2,1-3H3,(H,25,29)(H,26,31). The minimum absolute atomic E-state index is 0.374. The third-order valence-electron chi connectivity index (χ3n) is 6.10. The summed E-state index contributed by atoms with van der Waals surface area (Å²) in [6.45, 7) is 6.20. The molecule has 2 aliphatic heterocycles. The topological polar surface area (TPSA) is 100 Å². The molecular weight excluding hydrogens is 424 g/mol. The van der Waals surface area contributed by atoms with Gasteiger partial charge in [-0.25, -0.2) is 4.79 Å². The third-order valence-corrected chi connectivity index (χ3v) is 6.10. The SMILES string of the molecule is COc1ccc(C2(C)NC(=O)N(CC(=O)Nc3ccc(N4CCOCC4)cc3C)C2=O)cc1. The average molecular weight is 453 g/mol. The maximum absolute atomic E-state index is 13.1. The predicted octanol–water partition coefficient (Wildman–Crippen LogP) is 2.25. The van der Waals surface area contributed by atoms with E-state index in [0.29, 0.717) is 30.2 Å². The van der Waals surface area contributed by atoms with Crippen molar-refractivity contribution in [3.05, 3.63) is 53.6 Å². The second-order valence-electron chi connectivity index (χ2n) is 8.32. The fourth-order valence-electron chi connectivity index (χ4n) is 4.10. The molecule has 0 aliphatic carbocycles. The molecule has 9 nitrogen and oxygen atoms in total. The Morgan fingerprint density at radius 3 is 2.48 bits per heavy atom. The summed E-state index contributed by atoms with van der Waals surface area (Å²) < 4.78 is 10.5. The molecule has 0 aromatic heterocycles. The summed E-state index contributed by atoms with van der Waals surface area (Å²) in [5, 5.41) is 5.53. The number of aryl methyl sites for hydroxylation is 1. The molecule has 2 aromatic rings. The second-order valence-corrected chi connectivity index (χ2v) is 8.32. The summed E-state index contributed by atoms with van der Waals surface area (Å²) in [7, 11) is 1.55. The van der Waals surface area contributed by atoms with Crippen molar-refractivity contribution in [2.24, 2.45) is 0 Å². The van der Waals surface area contributed by atoms with E-state index >= 15 is 0 Å². The molecule has 2 aromatic carbocycles. The van der Waals surface area contributed by atoms with E-state index in [1.165, 1.54) is 0 Å². The van der Waals surface area contributed by atoms with Crippen molar-refractivity contribution in [3.63, 3.8) is 0 Å². The van der Waals surface area contributed by atoms with Crippen LogP contribution in [0.3, 0.4) is 0 Å². The number of morpholine rings is 1. The number of imide groups is 1. The normalized spacial score (nSPS) is 20.6. The molecule has 2 aliphatic rings. The lowest BCUT2D eigenvalue weighted by atomic mass is 9.92. The number of nitrogens with one attached hydrogen (secondary N) is 2. The van der Waals surface area contributed by atoms with Crippen LogP contribution < -0.4 is 20.3 Å². The van der Waals surface area contributed by atoms with Crippen LogP contribution >= 0.6 is 0 Å². The first-order valence-corrected chi connectivity index (χ1v) is 10.8. The number of carbonyl (C=O) groups excluding carboxylic acids is 3. The molecule has 4 rings (SSSR count). The van der Waals surface area contributed by atoms with Crippen molar-refractivity contribution in [3.8, 4) is 5.75 Å². The van der Waals surface area contributed by atoms with Crippen molar-refractivity contribution in [2.75, 3.05) is 50.2 Å². The predicted molar refractivity (Wildman–Crippen MR) is 123 cm³/mol. The van der Waals surface area contributed by atoms with Gasteiger partial charge in [-0.2, -0.15) is 0 Å². The van der Waals surface area contributed by atoms with Crippen molar-refractivity contribution in [2.45, 2.75) is 19.4 Å². The molecule has 2 N–H and O–H groups in total. The van der Waals surface area contributed by atoms with Crippen molar-refractivity contribution < 1.29 is 23.9 Å². The van der Waals surface area contributed by atoms with Gasteiger partial charge in [0.05, 0.1) is 20.3 Å². The Kier molecular flexibility index (Phi) is 6.24. The molecule has 2 saturated heterocycles. The van der Waals surface area contributed by atoms with Crippen molar-refractivity contribution in [1.29, 1.82) is 0 Å². The van der Waals surface area contributed by atoms with Gasteiger partial charge >= 0.3 is 6.03 Å². The van der Waals surface area contributed by atoms with Crippen LogP contribution in [0.1, 0.15) is 18.1 Å². The van der Waals surface area contributed by atoms with Gasteiger partial charge in [0.25, 0.3) is 5.91 Å². The lowest BCUT2D eigenvalue weighted by Crippen LogP contribution is -2.42. The van der Waals surface area contributed by atoms with Crippen LogP contribution in [0, 0.1) is 6.92 Å². The second kappa shape index (κ2) is 9.11. The van der Waals surface area contributed by atoms with Gasteiger partial charge in [-0.3, -0.25) is 14.5 Å². The highest BCUT2D eigenvalue weighted by atomic mass is 16.5. The van der Waals surface area contributed by atoms with Crippen LogP contribution in [0.25, 0.3) is 0 Å². The molecule has 1 unspecified atom stereocenters. The number of amides is 4. The number of nitrogens with zero attached hydrogens (tertiary/aromatic N) is 2. The summed E-state index contributed by atoms with van der Waals surface area (Å²) >= 11 is 0. The molecule has 0 bridgehead atoms. The molecule has 9 heteroatoms. The highest BCUT2D eigenvalue weighted by Gasteiger charge is 2.49. The van der Waals surface area contributed by atoms with Gasteiger partial charge in [-0.15, -0.1) is 0 Å². The summed E-state index contributed by atoms with van der Waals surface area (Å²) in [5.74, 6) is -0.280.